The largest absolute Gasteiger partial charge is 0.497 e. The van der Waals surface area contributed by atoms with Crippen LogP contribution < -0.4 is 4.74 Å². The minimum Gasteiger partial charge on any atom is -0.497 e. The molecular formula is C29H31Br2N3O5. The number of carbonyl (C=O) groups is 2. The van der Waals surface area contributed by atoms with Gasteiger partial charge in [-0.2, -0.15) is 0 Å². The van der Waals surface area contributed by atoms with E-state index in [0.717, 1.165) is 40.8 Å². The van der Waals surface area contributed by atoms with Crippen molar-refractivity contribution in [3.8, 4) is 5.75 Å². The number of hydrogen-bond donors (Lipinski definition) is 0. The number of alkyl halides is 2. The molecule has 0 radical (unpaired) electrons. The lowest BCUT2D eigenvalue weighted by atomic mass is 9.74. The van der Waals surface area contributed by atoms with Gasteiger partial charge in [0, 0.05) is 65.0 Å². The molecule has 4 rings (SSSR count). The van der Waals surface area contributed by atoms with E-state index < -0.39 is 4.92 Å². The number of likely N-dealkylation sites (tertiary alicyclic amines) is 1. The number of ketones is 1. The number of amides is 1. The van der Waals surface area contributed by atoms with Gasteiger partial charge in [0.05, 0.1) is 17.5 Å². The molecule has 3 atom stereocenters. The number of carbonyl (C=O) groups excluding carboxylic acids is 2. The average molecular weight is 661 g/mol. The number of nitro benzene ring substituents is 1. The van der Waals surface area contributed by atoms with Crippen LogP contribution in [0.25, 0.3) is 10.9 Å². The van der Waals surface area contributed by atoms with Crippen molar-refractivity contribution in [2.75, 3.05) is 30.9 Å². The molecule has 206 valence electrons. The second-order valence-corrected chi connectivity index (χ2v) is 11.3. The van der Waals surface area contributed by atoms with Gasteiger partial charge in [0.2, 0.25) is 0 Å². The number of benzene rings is 2. The first kappa shape index (κ1) is 29.1. The summed E-state index contributed by atoms with van der Waals surface area (Å²) in [7, 11) is 1.60. The smallest absolute Gasteiger partial charge is 0.269 e. The molecule has 39 heavy (non-hydrogen) atoms. The first-order valence-corrected chi connectivity index (χ1v) is 15.2. The molecular weight excluding hydrogens is 630 g/mol. The molecule has 0 unspecified atom stereocenters. The van der Waals surface area contributed by atoms with E-state index in [1.165, 1.54) is 24.3 Å². The van der Waals surface area contributed by atoms with E-state index in [0.29, 0.717) is 48.2 Å². The molecule has 10 heteroatoms. The molecule has 1 fully saturated rings. The Kier molecular flexibility index (Phi) is 10.1. The van der Waals surface area contributed by atoms with Gasteiger partial charge in [0.25, 0.3) is 11.6 Å². The zero-order valence-corrected chi connectivity index (χ0v) is 24.9. The number of pyridine rings is 1. The minimum absolute atomic E-state index is 0.0371. The third kappa shape index (κ3) is 6.84. The number of halogens is 2. The second-order valence-electron chi connectivity index (χ2n) is 9.86. The molecule has 0 bridgehead atoms. The van der Waals surface area contributed by atoms with Gasteiger partial charge in [0.15, 0.2) is 5.78 Å². The number of rotatable bonds is 11. The van der Waals surface area contributed by atoms with Crippen molar-refractivity contribution in [3.63, 3.8) is 0 Å². The standard InChI is InChI=1S/C29H31Br2N3O5/c1-39-23-7-8-27-25(16-23)24(11-14-32-27)28(35)9-4-19-12-15-33(18-26(19)21(17-31)10-13-30)29(36)20-2-5-22(6-3-20)34(37)38/h2-3,5-8,11,14,16,19,21,26H,4,9-10,12-13,15,17-18H2,1H3/t19-,21+,26-/m1/s1. The van der Waals surface area contributed by atoms with Gasteiger partial charge in [-0.05, 0) is 73.4 Å². The highest BCUT2D eigenvalue weighted by Crippen LogP contribution is 2.37. The maximum Gasteiger partial charge on any atom is 0.269 e. The molecule has 1 aromatic heterocycles. The van der Waals surface area contributed by atoms with Gasteiger partial charge in [-0.1, -0.05) is 31.9 Å². The maximum atomic E-state index is 13.4. The highest BCUT2D eigenvalue weighted by atomic mass is 79.9. The Morgan fingerprint density at radius 3 is 2.62 bits per heavy atom. The van der Waals surface area contributed by atoms with Crippen LogP contribution >= 0.6 is 31.9 Å². The highest BCUT2D eigenvalue weighted by molar-refractivity contribution is 9.09. The Labute approximate surface area is 244 Å². The summed E-state index contributed by atoms with van der Waals surface area (Å²) >= 11 is 7.26. The molecule has 0 saturated carbocycles. The van der Waals surface area contributed by atoms with E-state index in [1.54, 1.807) is 19.4 Å². The predicted octanol–water partition coefficient (Wildman–Crippen LogP) is 6.69. The zero-order chi connectivity index (χ0) is 27.9. The molecule has 1 aliphatic rings. The molecule has 1 amide bonds. The summed E-state index contributed by atoms with van der Waals surface area (Å²) in [6.45, 7) is 1.18. The SMILES string of the molecule is COc1ccc2nccc(C(=O)CC[C@@H]3CCN(C(=O)c4ccc([N+](=O)[O-])cc4)C[C@H]3[C@H](CBr)CCBr)c2c1. The summed E-state index contributed by atoms with van der Waals surface area (Å²) < 4.78 is 5.36. The number of Topliss-reactive ketones (excluding diaryl/α,β-unsaturated/α-hetero) is 1. The topological polar surface area (TPSA) is 103 Å². The van der Waals surface area contributed by atoms with Crippen LogP contribution in [0.5, 0.6) is 5.75 Å². The van der Waals surface area contributed by atoms with Crippen LogP contribution in [0.15, 0.2) is 54.7 Å². The molecule has 1 saturated heterocycles. The van der Waals surface area contributed by atoms with E-state index in [2.05, 4.69) is 36.8 Å². The number of nitro groups is 1. The van der Waals surface area contributed by atoms with Gasteiger partial charge in [0.1, 0.15) is 5.75 Å². The summed E-state index contributed by atoms with van der Waals surface area (Å²) in [6.07, 6.45) is 4.58. The number of hydrogen-bond acceptors (Lipinski definition) is 6. The molecule has 8 nitrogen and oxygen atoms in total. The molecule has 0 N–H and O–H groups in total. The van der Waals surface area contributed by atoms with Crippen molar-refractivity contribution in [1.29, 1.82) is 0 Å². The third-order valence-corrected chi connectivity index (χ3v) is 8.98. The van der Waals surface area contributed by atoms with Crippen molar-refractivity contribution in [2.45, 2.75) is 25.7 Å². The van der Waals surface area contributed by atoms with Gasteiger partial charge in [-0.25, -0.2) is 0 Å². The summed E-state index contributed by atoms with van der Waals surface area (Å²) in [4.78, 5) is 43.5. The summed E-state index contributed by atoms with van der Waals surface area (Å²) in [5.41, 5.74) is 1.82. The van der Waals surface area contributed by atoms with Gasteiger partial charge in [-0.3, -0.25) is 24.7 Å². The number of nitrogens with zero attached hydrogens (tertiary/aromatic N) is 3. The molecule has 0 spiro atoms. The fourth-order valence-corrected chi connectivity index (χ4v) is 6.90. The van der Waals surface area contributed by atoms with Crippen LogP contribution in [0.3, 0.4) is 0 Å². The fraction of sp³-hybridized carbons (Fsp3) is 0.414. The van der Waals surface area contributed by atoms with Crippen molar-refractivity contribution in [3.05, 3.63) is 76.0 Å². The molecule has 0 aliphatic carbocycles. The first-order valence-electron chi connectivity index (χ1n) is 13.0. The number of methoxy groups -OCH3 is 1. The summed E-state index contributed by atoms with van der Waals surface area (Å²) in [5.74, 6) is 1.50. The van der Waals surface area contributed by atoms with Crippen LogP contribution in [0.4, 0.5) is 5.69 Å². The fourth-order valence-electron chi connectivity index (χ4n) is 5.51. The zero-order valence-electron chi connectivity index (χ0n) is 21.7. The lowest BCUT2D eigenvalue weighted by Crippen LogP contribution is -2.46. The lowest BCUT2D eigenvalue weighted by Gasteiger charge is -2.42. The van der Waals surface area contributed by atoms with Crippen LogP contribution in [0.1, 0.15) is 46.4 Å². The summed E-state index contributed by atoms with van der Waals surface area (Å²) in [6, 6.07) is 13.1. The Bertz CT molecular complexity index is 1330. The van der Waals surface area contributed by atoms with E-state index >= 15 is 0 Å². The third-order valence-electron chi connectivity index (χ3n) is 7.69. The second kappa shape index (κ2) is 13.5. The number of fused-ring (bicyclic) bond motifs is 1. The molecule has 2 aromatic carbocycles. The van der Waals surface area contributed by atoms with Crippen molar-refractivity contribution in [2.24, 2.45) is 17.8 Å². The van der Waals surface area contributed by atoms with E-state index in [1.807, 2.05) is 23.1 Å². The van der Waals surface area contributed by atoms with Crippen molar-refractivity contribution >= 4 is 60.1 Å². The monoisotopic (exact) mass is 659 g/mol. The summed E-state index contributed by atoms with van der Waals surface area (Å²) in [5, 5.41) is 13.4. The van der Waals surface area contributed by atoms with Gasteiger partial charge in [-0.15, -0.1) is 0 Å². The average Bonchev–Trinajstić information content (AvgIpc) is 2.97. The Morgan fingerprint density at radius 1 is 1.18 bits per heavy atom. The van der Waals surface area contributed by atoms with Crippen molar-refractivity contribution < 1.29 is 19.2 Å². The minimum atomic E-state index is -0.469. The van der Waals surface area contributed by atoms with E-state index in [4.69, 9.17) is 4.74 Å². The Morgan fingerprint density at radius 2 is 1.95 bits per heavy atom. The van der Waals surface area contributed by atoms with Crippen LogP contribution in [0.2, 0.25) is 0 Å². The number of non-ortho nitro benzene ring substituents is 1. The van der Waals surface area contributed by atoms with Crippen LogP contribution in [0, 0.1) is 27.9 Å². The van der Waals surface area contributed by atoms with E-state index in [-0.39, 0.29) is 23.3 Å². The molecule has 3 aromatic rings. The maximum absolute atomic E-state index is 13.4. The quantitative estimate of drug-likeness (QED) is 0.0983. The van der Waals surface area contributed by atoms with Crippen LogP contribution in [-0.4, -0.2) is 57.4 Å². The first-order chi connectivity index (χ1) is 18.9. The Hall–Kier alpha value is -2.85. The van der Waals surface area contributed by atoms with Gasteiger partial charge >= 0.3 is 0 Å². The normalized spacial score (nSPS) is 18.1. The van der Waals surface area contributed by atoms with Crippen LogP contribution in [-0.2, 0) is 0 Å². The molecule has 2 heterocycles. The van der Waals surface area contributed by atoms with E-state index in [9.17, 15) is 19.7 Å². The number of aromatic nitrogens is 1. The van der Waals surface area contributed by atoms with Gasteiger partial charge < -0.3 is 9.64 Å². The lowest BCUT2D eigenvalue weighted by molar-refractivity contribution is -0.384. The predicted molar refractivity (Wildman–Crippen MR) is 158 cm³/mol. The highest BCUT2D eigenvalue weighted by Gasteiger charge is 2.36. The van der Waals surface area contributed by atoms with Crippen molar-refractivity contribution in [1.82, 2.24) is 9.88 Å². The number of ether oxygens (including phenoxy) is 1. The molecule has 1 aliphatic heterocycles. The number of piperidine rings is 1. The Balaban J connectivity index is 1.49.